The summed E-state index contributed by atoms with van der Waals surface area (Å²) in [6, 6.07) is 7.29. The van der Waals surface area contributed by atoms with E-state index in [0.29, 0.717) is 23.8 Å². The number of nitrogens with zero attached hydrogens (tertiary/aromatic N) is 2. The lowest BCUT2D eigenvalue weighted by Gasteiger charge is -2.25. The topological polar surface area (TPSA) is 87.8 Å². The van der Waals surface area contributed by atoms with Crippen LogP contribution in [0.15, 0.2) is 24.3 Å². The minimum Gasteiger partial charge on any atom is -0.497 e. The third-order valence-corrected chi connectivity index (χ3v) is 5.33. The zero-order valence-corrected chi connectivity index (χ0v) is 16.7. The number of aromatic nitrogens is 1. The first kappa shape index (κ1) is 19.3. The summed E-state index contributed by atoms with van der Waals surface area (Å²) in [6.45, 7) is 4.73. The fraction of sp³-hybridized carbons (Fsp3) is 0.353. The number of nitrogens with one attached hydrogen (secondary N) is 3. The molecular formula is C17H21N5O3S2. The molecule has 0 bridgehead atoms. The summed E-state index contributed by atoms with van der Waals surface area (Å²) < 4.78 is 10.5. The van der Waals surface area contributed by atoms with Gasteiger partial charge in [-0.3, -0.25) is 15.6 Å². The lowest BCUT2D eigenvalue weighted by Crippen LogP contribution is -2.43. The van der Waals surface area contributed by atoms with Crippen molar-refractivity contribution in [2.75, 3.05) is 43.6 Å². The number of hydrogen-bond donors (Lipinski definition) is 3. The Hall–Kier alpha value is -2.43. The van der Waals surface area contributed by atoms with Crippen LogP contribution in [0.2, 0.25) is 0 Å². The van der Waals surface area contributed by atoms with Gasteiger partial charge in [-0.05, 0) is 43.4 Å². The maximum atomic E-state index is 12.5. The number of morpholine rings is 1. The Kier molecular flexibility index (Phi) is 6.43. The summed E-state index contributed by atoms with van der Waals surface area (Å²) in [6.07, 6.45) is 0. The fourth-order valence-electron chi connectivity index (χ4n) is 2.49. The standard InChI is InChI=1S/C17H21N5O3S2/c1-11-14(27-17(18-11)22-7-9-25-10-8-22)15(23)20-21-16(26)19-12-3-5-13(24-2)6-4-12/h3-6H,7-10H2,1-2H3,(H,20,23)(H2,19,21,26). The van der Waals surface area contributed by atoms with E-state index < -0.39 is 0 Å². The number of carbonyl (C=O) groups is 1. The number of aryl methyl sites for hydroxylation is 1. The first-order valence-corrected chi connectivity index (χ1v) is 9.61. The van der Waals surface area contributed by atoms with Crippen molar-refractivity contribution >= 4 is 45.4 Å². The van der Waals surface area contributed by atoms with Crippen molar-refractivity contribution in [1.29, 1.82) is 0 Å². The van der Waals surface area contributed by atoms with Crippen LogP contribution in [-0.2, 0) is 4.74 Å². The monoisotopic (exact) mass is 407 g/mol. The second-order valence-electron chi connectivity index (χ2n) is 5.77. The van der Waals surface area contributed by atoms with E-state index in [1.165, 1.54) is 11.3 Å². The molecule has 144 valence electrons. The molecule has 2 aromatic rings. The van der Waals surface area contributed by atoms with Gasteiger partial charge >= 0.3 is 0 Å². The third kappa shape index (κ3) is 5.06. The Bertz CT molecular complexity index is 803. The van der Waals surface area contributed by atoms with Crippen molar-refractivity contribution in [3.8, 4) is 5.75 Å². The lowest BCUT2D eigenvalue weighted by atomic mass is 10.3. The predicted molar refractivity (Wildman–Crippen MR) is 110 cm³/mol. The van der Waals surface area contributed by atoms with Crippen LogP contribution >= 0.6 is 23.6 Å². The van der Waals surface area contributed by atoms with E-state index in [2.05, 4.69) is 26.1 Å². The maximum Gasteiger partial charge on any atom is 0.281 e. The molecule has 0 spiro atoms. The van der Waals surface area contributed by atoms with Crippen molar-refractivity contribution in [1.82, 2.24) is 15.8 Å². The van der Waals surface area contributed by atoms with Gasteiger partial charge in [0.05, 0.1) is 26.0 Å². The molecule has 0 atom stereocenters. The Morgan fingerprint density at radius 2 is 1.96 bits per heavy atom. The van der Waals surface area contributed by atoms with Gasteiger partial charge in [0.15, 0.2) is 10.2 Å². The molecule has 1 aliphatic rings. The molecule has 2 heterocycles. The van der Waals surface area contributed by atoms with Crippen LogP contribution in [-0.4, -0.2) is 49.4 Å². The van der Waals surface area contributed by atoms with Crippen molar-refractivity contribution in [2.24, 2.45) is 0 Å². The number of hydrazine groups is 1. The number of anilines is 2. The summed E-state index contributed by atoms with van der Waals surface area (Å²) in [5.41, 5.74) is 6.79. The summed E-state index contributed by atoms with van der Waals surface area (Å²) in [4.78, 5) is 19.6. The van der Waals surface area contributed by atoms with Crippen LogP contribution in [0, 0.1) is 6.92 Å². The van der Waals surface area contributed by atoms with Gasteiger partial charge in [-0.2, -0.15) is 0 Å². The number of benzene rings is 1. The van der Waals surface area contributed by atoms with Crippen molar-refractivity contribution in [2.45, 2.75) is 6.92 Å². The molecule has 1 aliphatic heterocycles. The van der Waals surface area contributed by atoms with Gasteiger partial charge in [-0.15, -0.1) is 0 Å². The van der Waals surface area contributed by atoms with Crippen LogP contribution in [0.4, 0.5) is 10.8 Å². The zero-order valence-electron chi connectivity index (χ0n) is 15.1. The van der Waals surface area contributed by atoms with Gasteiger partial charge in [0.2, 0.25) is 0 Å². The largest absolute Gasteiger partial charge is 0.497 e. The number of ether oxygens (including phenoxy) is 2. The second-order valence-corrected chi connectivity index (χ2v) is 7.16. The predicted octanol–water partition coefficient (Wildman–Crippen LogP) is 1.93. The number of carbonyl (C=O) groups excluding carboxylic acids is 1. The Morgan fingerprint density at radius 3 is 2.63 bits per heavy atom. The summed E-state index contributed by atoms with van der Waals surface area (Å²) in [7, 11) is 1.61. The van der Waals surface area contributed by atoms with E-state index in [-0.39, 0.29) is 11.0 Å². The van der Waals surface area contributed by atoms with E-state index in [1.54, 1.807) is 7.11 Å². The van der Waals surface area contributed by atoms with Gasteiger partial charge < -0.3 is 19.7 Å². The van der Waals surface area contributed by atoms with E-state index >= 15 is 0 Å². The van der Waals surface area contributed by atoms with E-state index in [4.69, 9.17) is 21.7 Å². The molecule has 1 fully saturated rings. The van der Waals surface area contributed by atoms with Crippen LogP contribution in [0.3, 0.4) is 0 Å². The molecular weight excluding hydrogens is 386 g/mol. The van der Waals surface area contributed by atoms with E-state index in [0.717, 1.165) is 29.7 Å². The molecule has 10 heteroatoms. The second kappa shape index (κ2) is 8.98. The summed E-state index contributed by atoms with van der Waals surface area (Å²) in [5, 5.41) is 4.10. The van der Waals surface area contributed by atoms with Crippen LogP contribution < -0.4 is 25.8 Å². The molecule has 27 heavy (non-hydrogen) atoms. The molecule has 0 aliphatic carbocycles. The Balaban J connectivity index is 1.53. The number of methoxy groups -OCH3 is 1. The Morgan fingerprint density at radius 1 is 1.26 bits per heavy atom. The summed E-state index contributed by atoms with van der Waals surface area (Å²) in [5.74, 6) is 0.480. The molecule has 0 unspecified atom stereocenters. The minimum atomic E-state index is -0.275. The lowest BCUT2D eigenvalue weighted by molar-refractivity contribution is 0.0947. The number of amides is 1. The first-order chi connectivity index (χ1) is 13.1. The highest BCUT2D eigenvalue weighted by Crippen LogP contribution is 2.26. The maximum absolute atomic E-state index is 12.5. The number of thiazole rings is 1. The smallest absolute Gasteiger partial charge is 0.281 e. The highest BCUT2D eigenvalue weighted by atomic mass is 32.1. The highest BCUT2D eigenvalue weighted by molar-refractivity contribution is 7.80. The summed E-state index contributed by atoms with van der Waals surface area (Å²) >= 11 is 6.57. The Labute approximate surface area is 166 Å². The van der Waals surface area contributed by atoms with Crippen LogP contribution in [0.5, 0.6) is 5.75 Å². The van der Waals surface area contributed by atoms with E-state index in [9.17, 15) is 4.79 Å². The molecule has 1 amide bonds. The number of rotatable bonds is 4. The first-order valence-electron chi connectivity index (χ1n) is 8.38. The average molecular weight is 408 g/mol. The van der Waals surface area contributed by atoms with Gasteiger partial charge in [-0.1, -0.05) is 11.3 Å². The normalized spacial score (nSPS) is 13.8. The van der Waals surface area contributed by atoms with Gasteiger partial charge in [0, 0.05) is 18.8 Å². The van der Waals surface area contributed by atoms with Gasteiger partial charge in [-0.25, -0.2) is 4.98 Å². The van der Waals surface area contributed by atoms with Crippen molar-refractivity contribution in [3.05, 3.63) is 34.8 Å². The molecule has 1 saturated heterocycles. The molecule has 3 rings (SSSR count). The van der Waals surface area contributed by atoms with Crippen LogP contribution in [0.25, 0.3) is 0 Å². The highest BCUT2D eigenvalue weighted by Gasteiger charge is 2.20. The quantitative estimate of drug-likeness (QED) is 0.524. The molecule has 1 aromatic heterocycles. The molecule has 0 saturated carbocycles. The molecule has 8 nitrogen and oxygen atoms in total. The molecule has 1 aromatic carbocycles. The van der Waals surface area contributed by atoms with Crippen molar-refractivity contribution in [3.63, 3.8) is 0 Å². The number of thiocarbonyl (C=S) groups is 1. The fourth-order valence-corrected chi connectivity index (χ4v) is 3.67. The van der Waals surface area contributed by atoms with E-state index in [1.807, 2.05) is 31.2 Å². The minimum absolute atomic E-state index is 0.275. The molecule has 3 N–H and O–H groups in total. The van der Waals surface area contributed by atoms with Crippen LogP contribution in [0.1, 0.15) is 15.4 Å². The molecule has 0 radical (unpaired) electrons. The zero-order chi connectivity index (χ0) is 19.2. The SMILES string of the molecule is COc1ccc(NC(=S)NNC(=O)c2sc(N3CCOCC3)nc2C)cc1. The van der Waals surface area contributed by atoms with Crippen molar-refractivity contribution < 1.29 is 14.3 Å². The van der Waals surface area contributed by atoms with Gasteiger partial charge in [0.25, 0.3) is 5.91 Å². The average Bonchev–Trinajstić information content (AvgIpc) is 3.09. The van der Waals surface area contributed by atoms with Gasteiger partial charge in [0.1, 0.15) is 10.6 Å². The third-order valence-electron chi connectivity index (χ3n) is 3.91. The number of hydrogen-bond acceptors (Lipinski definition) is 7.